The second-order valence-electron chi connectivity index (χ2n) is 4.01. The second-order valence-corrected chi connectivity index (χ2v) is 5.68. The quantitative estimate of drug-likeness (QED) is 0.763. The van der Waals surface area contributed by atoms with Crippen LogP contribution in [0.25, 0.3) is 0 Å². The molecule has 102 valence electrons. The summed E-state index contributed by atoms with van der Waals surface area (Å²) in [6.45, 7) is 0. The number of benzene rings is 2. The van der Waals surface area contributed by atoms with Crippen LogP contribution >= 0.6 is 39.1 Å². The van der Waals surface area contributed by atoms with Gasteiger partial charge in [0.05, 0.1) is 16.1 Å². The van der Waals surface area contributed by atoms with E-state index in [0.29, 0.717) is 16.3 Å². The number of nitriles is 1. The van der Waals surface area contributed by atoms with Crippen molar-refractivity contribution < 1.29 is 4.39 Å². The summed E-state index contributed by atoms with van der Waals surface area (Å²) >= 11 is 14.9. The van der Waals surface area contributed by atoms with Gasteiger partial charge in [-0.05, 0) is 51.8 Å². The fraction of sp³-hybridized carbons (Fsp3) is 0.0714. The fourth-order valence-electron chi connectivity index (χ4n) is 1.63. The average molecular weight is 374 g/mol. The molecule has 2 aromatic carbocycles. The summed E-state index contributed by atoms with van der Waals surface area (Å²) in [7, 11) is 0. The summed E-state index contributed by atoms with van der Waals surface area (Å²) in [6, 6.07) is 10.9. The predicted octanol–water partition coefficient (Wildman–Crippen LogP) is 5.57. The largest absolute Gasteiger partial charge is 0.366 e. The Kier molecular flexibility index (Phi) is 4.87. The fourth-order valence-corrected chi connectivity index (χ4v) is 2.32. The van der Waals surface area contributed by atoms with Gasteiger partial charge in [0, 0.05) is 10.2 Å². The highest BCUT2D eigenvalue weighted by Crippen LogP contribution is 2.28. The molecule has 20 heavy (non-hydrogen) atoms. The van der Waals surface area contributed by atoms with Gasteiger partial charge in [-0.25, -0.2) is 4.39 Å². The summed E-state index contributed by atoms with van der Waals surface area (Å²) in [5.41, 5.74) is 1.30. The number of anilines is 1. The van der Waals surface area contributed by atoms with E-state index in [4.69, 9.17) is 23.2 Å². The molecule has 1 atom stereocenters. The Morgan fingerprint density at radius 1 is 1.15 bits per heavy atom. The second kappa shape index (κ2) is 6.45. The van der Waals surface area contributed by atoms with Gasteiger partial charge >= 0.3 is 0 Å². The topological polar surface area (TPSA) is 35.8 Å². The van der Waals surface area contributed by atoms with E-state index in [-0.39, 0.29) is 5.02 Å². The molecule has 6 heteroatoms. The third-order valence-electron chi connectivity index (χ3n) is 2.64. The molecule has 2 rings (SSSR count). The Labute approximate surface area is 134 Å². The molecule has 0 amide bonds. The molecule has 0 bridgehead atoms. The van der Waals surface area contributed by atoms with Gasteiger partial charge < -0.3 is 5.32 Å². The van der Waals surface area contributed by atoms with Gasteiger partial charge in [0.25, 0.3) is 0 Å². The van der Waals surface area contributed by atoms with Crippen molar-refractivity contribution in [2.45, 2.75) is 6.04 Å². The van der Waals surface area contributed by atoms with Gasteiger partial charge in [-0.1, -0.05) is 29.3 Å². The van der Waals surface area contributed by atoms with Crippen molar-refractivity contribution in [1.29, 1.82) is 5.26 Å². The van der Waals surface area contributed by atoms with Crippen LogP contribution in [0.4, 0.5) is 10.1 Å². The van der Waals surface area contributed by atoms with Crippen LogP contribution in [0.5, 0.6) is 0 Å². The number of hydrogen-bond donors (Lipinski definition) is 1. The molecule has 1 unspecified atom stereocenters. The molecule has 1 N–H and O–H groups in total. The average Bonchev–Trinajstić information content (AvgIpc) is 2.43. The monoisotopic (exact) mass is 372 g/mol. The lowest BCUT2D eigenvalue weighted by atomic mass is 10.1. The van der Waals surface area contributed by atoms with Crippen LogP contribution in [0.1, 0.15) is 11.6 Å². The minimum absolute atomic E-state index is 0.0122. The van der Waals surface area contributed by atoms with Crippen molar-refractivity contribution in [3.05, 3.63) is 62.3 Å². The molecule has 0 saturated heterocycles. The van der Waals surface area contributed by atoms with E-state index in [1.165, 1.54) is 18.2 Å². The van der Waals surface area contributed by atoms with Crippen LogP contribution in [-0.4, -0.2) is 0 Å². The molecule has 0 aliphatic carbocycles. The molecule has 0 aliphatic rings. The van der Waals surface area contributed by atoms with Crippen molar-refractivity contribution >= 4 is 44.8 Å². The molecule has 0 aromatic heterocycles. The molecular weight excluding hydrogens is 366 g/mol. The van der Waals surface area contributed by atoms with Crippen molar-refractivity contribution in [1.82, 2.24) is 0 Å². The van der Waals surface area contributed by atoms with Crippen LogP contribution in [-0.2, 0) is 0 Å². The number of rotatable bonds is 3. The van der Waals surface area contributed by atoms with Crippen LogP contribution in [0.3, 0.4) is 0 Å². The van der Waals surface area contributed by atoms with E-state index < -0.39 is 11.9 Å². The Hall–Kier alpha value is -1.28. The van der Waals surface area contributed by atoms with Gasteiger partial charge in [-0.2, -0.15) is 5.26 Å². The first kappa shape index (κ1) is 15.1. The van der Waals surface area contributed by atoms with E-state index in [0.717, 1.165) is 4.47 Å². The highest BCUT2D eigenvalue weighted by Gasteiger charge is 2.13. The van der Waals surface area contributed by atoms with Crippen LogP contribution in [0.15, 0.2) is 40.9 Å². The van der Waals surface area contributed by atoms with Gasteiger partial charge in [-0.3, -0.25) is 0 Å². The summed E-state index contributed by atoms with van der Waals surface area (Å²) in [6.07, 6.45) is 0. The zero-order valence-corrected chi connectivity index (χ0v) is 13.1. The van der Waals surface area contributed by atoms with E-state index in [9.17, 15) is 9.65 Å². The van der Waals surface area contributed by atoms with E-state index in [2.05, 4.69) is 27.3 Å². The molecule has 0 fully saturated rings. The number of nitrogens with one attached hydrogen (secondary N) is 1. The number of nitrogens with zero attached hydrogens (tertiary/aromatic N) is 1. The van der Waals surface area contributed by atoms with Crippen molar-refractivity contribution in [3.63, 3.8) is 0 Å². The normalized spacial score (nSPS) is 11.8. The zero-order chi connectivity index (χ0) is 14.7. The van der Waals surface area contributed by atoms with Crippen molar-refractivity contribution in [2.75, 3.05) is 5.32 Å². The number of hydrogen-bond acceptors (Lipinski definition) is 2. The van der Waals surface area contributed by atoms with E-state index >= 15 is 0 Å². The summed E-state index contributed by atoms with van der Waals surface area (Å²) < 4.78 is 13.9. The highest BCUT2D eigenvalue weighted by molar-refractivity contribution is 9.10. The maximum Gasteiger partial charge on any atom is 0.141 e. The van der Waals surface area contributed by atoms with Crippen LogP contribution in [0, 0.1) is 17.1 Å². The molecule has 0 spiro atoms. The minimum atomic E-state index is -0.638. The van der Waals surface area contributed by atoms with E-state index in [1.54, 1.807) is 18.2 Å². The molecule has 0 aliphatic heterocycles. The third-order valence-corrected chi connectivity index (χ3v) is 4.14. The Morgan fingerprint density at radius 2 is 1.90 bits per heavy atom. The van der Waals surface area contributed by atoms with Gasteiger partial charge in [-0.15, -0.1) is 0 Å². The maximum atomic E-state index is 13.1. The summed E-state index contributed by atoms with van der Waals surface area (Å²) in [5, 5.41) is 12.8. The van der Waals surface area contributed by atoms with Crippen LogP contribution in [0.2, 0.25) is 10.0 Å². The third kappa shape index (κ3) is 3.43. The lowest BCUT2D eigenvalue weighted by molar-refractivity contribution is 0.627. The summed E-state index contributed by atoms with van der Waals surface area (Å²) in [5.74, 6) is -0.513. The number of halogens is 4. The standard InChI is InChI=1S/C14H8BrCl2FN2/c15-10-6-9(2-3-11(10)16)20-14(7-19)8-1-4-13(18)12(17)5-8/h1-6,14,20H. The van der Waals surface area contributed by atoms with Crippen molar-refractivity contribution in [2.24, 2.45) is 0 Å². The smallest absolute Gasteiger partial charge is 0.141 e. The highest BCUT2D eigenvalue weighted by atomic mass is 79.9. The molecular formula is C14H8BrCl2FN2. The summed E-state index contributed by atoms with van der Waals surface area (Å²) in [4.78, 5) is 0. The maximum absolute atomic E-state index is 13.1. The SMILES string of the molecule is N#CC(Nc1ccc(Cl)c(Br)c1)c1ccc(F)c(Cl)c1. The van der Waals surface area contributed by atoms with Gasteiger partial charge in [0.2, 0.25) is 0 Å². The Morgan fingerprint density at radius 3 is 2.50 bits per heavy atom. The lowest BCUT2D eigenvalue weighted by Gasteiger charge is -2.14. The first-order valence-electron chi connectivity index (χ1n) is 5.57. The van der Waals surface area contributed by atoms with Gasteiger partial charge in [0.1, 0.15) is 11.9 Å². The lowest BCUT2D eigenvalue weighted by Crippen LogP contribution is -2.08. The molecule has 0 saturated carbocycles. The Balaban J connectivity index is 2.26. The first-order valence-corrected chi connectivity index (χ1v) is 7.12. The van der Waals surface area contributed by atoms with Gasteiger partial charge in [0.15, 0.2) is 0 Å². The molecule has 2 nitrogen and oxygen atoms in total. The predicted molar refractivity (Wildman–Crippen MR) is 82.5 cm³/mol. The Bertz CT molecular complexity index is 685. The molecule has 2 aromatic rings. The van der Waals surface area contributed by atoms with Crippen LogP contribution < -0.4 is 5.32 Å². The minimum Gasteiger partial charge on any atom is -0.366 e. The van der Waals surface area contributed by atoms with Crippen molar-refractivity contribution in [3.8, 4) is 6.07 Å². The van der Waals surface area contributed by atoms with E-state index in [1.807, 2.05) is 0 Å². The molecule has 0 heterocycles. The zero-order valence-electron chi connectivity index (χ0n) is 10.0. The first-order chi connectivity index (χ1) is 9.51. The molecule has 0 radical (unpaired) electrons.